The minimum Gasteiger partial charge on any atom is -0.396 e. The second kappa shape index (κ2) is 9.91. The number of likely N-dealkylation sites (tertiary alicyclic amines) is 1. The summed E-state index contributed by atoms with van der Waals surface area (Å²) in [5.41, 5.74) is 1.37. The molecular weight excluding hydrogens is 522 g/mol. The number of hydrogen-bond donors (Lipinski definition) is 1. The molecule has 0 radical (unpaired) electrons. The lowest BCUT2D eigenvalue weighted by Gasteiger charge is -2.35. The topological polar surface area (TPSA) is 81.2 Å². The molecule has 4 heterocycles. The van der Waals surface area contributed by atoms with Gasteiger partial charge in [-0.05, 0) is 30.7 Å². The molecule has 1 N–H and O–H groups in total. The Bertz CT molecular complexity index is 1330. The van der Waals surface area contributed by atoms with Crippen LogP contribution < -0.4 is 9.80 Å². The van der Waals surface area contributed by atoms with E-state index in [-0.39, 0.29) is 36.1 Å². The minimum atomic E-state index is -0.908. The number of rotatable bonds is 5. The largest absolute Gasteiger partial charge is 0.396 e. The van der Waals surface area contributed by atoms with Crippen LogP contribution >= 0.6 is 23.4 Å². The van der Waals surface area contributed by atoms with Crippen molar-refractivity contribution in [3.63, 3.8) is 0 Å². The Morgan fingerprint density at radius 1 is 0.921 bits per heavy atom. The van der Waals surface area contributed by atoms with Gasteiger partial charge in [0.25, 0.3) is 5.91 Å². The Morgan fingerprint density at radius 2 is 1.66 bits per heavy atom. The van der Waals surface area contributed by atoms with Gasteiger partial charge in [0, 0.05) is 37.2 Å². The number of benzene rings is 2. The fourth-order valence-electron chi connectivity index (χ4n) is 6.34. The van der Waals surface area contributed by atoms with Gasteiger partial charge in [0.05, 0.1) is 27.3 Å². The molecule has 2 aromatic rings. The van der Waals surface area contributed by atoms with E-state index in [1.54, 1.807) is 38.6 Å². The highest BCUT2D eigenvalue weighted by Crippen LogP contribution is 2.61. The van der Waals surface area contributed by atoms with Crippen LogP contribution in [0.1, 0.15) is 6.42 Å². The second-order valence-electron chi connectivity index (χ2n) is 9.97. The molecule has 3 amide bonds. The molecule has 1 unspecified atom stereocenters. The van der Waals surface area contributed by atoms with Crippen LogP contribution in [-0.2, 0) is 14.4 Å². The lowest BCUT2D eigenvalue weighted by atomic mass is 9.78. The quantitative estimate of drug-likeness (QED) is 0.577. The third-order valence-corrected chi connectivity index (χ3v) is 9.99. The van der Waals surface area contributed by atoms with Gasteiger partial charge in [-0.15, -0.1) is 11.8 Å². The van der Waals surface area contributed by atoms with E-state index in [1.807, 2.05) is 66.8 Å². The summed E-state index contributed by atoms with van der Waals surface area (Å²) in [6, 6.07) is 15.8. The van der Waals surface area contributed by atoms with Gasteiger partial charge >= 0.3 is 0 Å². The number of thioether (sulfide) groups is 1. The second-order valence-corrected chi connectivity index (χ2v) is 11.9. The molecule has 0 aromatic heterocycles. The summed E-state index contributed by atoms with van der Waals surface area (Å²) in [6.07, 6.45) is 8.28. The third-order valence-electron chi connectivity index (χ3n) is 7.93. The van der Waals surface area contributed by atoms with Gasteiger partial charge < -0.3 is 19.8 Å². The van der Waals surface area contributed by atoms with Crippen molar-refractivity contribution in [3.8, 4) is 0 Å². The molecule has 0 saturated carbocycles. The Balaban J connectivity index is 1.44. The summed E-state index contributed by atoms with van der Waals surface area (Å²) in [5, 5.41) is 9.80. The molecule has 2 aromatic carbocycles. The summed E-state index contributed by atoms with van der Waals surface area (Å²) in [7, 11) is 0. The standard InChI is InChI=1S/C29H28ClN3O4S/c30-20-11-4-5-12-21(20)32-16-7-14-29-24(27(36)33(17-8-18-34)25(29)28(32)37)23-22(38-29)13-6-15-31(26(23)35)19-9-2-1-3-10-19/h1-7,9-14,22-25,34H,8,15-18H2/t22-,23+,24-,25?,29-/m0/s1. The van der Waals surface area contributed by atoms with Gasteiger partial charge in [-0.1, -0.05) is 66.2 Å². The summed E-state index contributed by atoms with van der Waals surface area (Å²) >= 11 is 8.04. The number of halogens is 1. The predicted octanol–water partition coefficient (Wildman–Crippen LogP) is 3.53. The van der Waals surface area contributed by atoms with E-state index in [0.29, 0.717) is 30.2 Å². The van der Waals surface area contributed by atoms with Crippen LogP contribution in [-0.4, -0.2) is 70.0 Å². The van der Waals surface area contributed by atoms with Crippen molar-refractivity contribution in [2.75, 3.05) is 36.0 Å². The number of carbonyl (C=O) groups excluding carboxylic acids is 3. The number of fused-ring (bicyclic) bond motifs is 2. The zero-order valence-corrected chi connectivity index (χ0v) is 22.2. The van der Waals surface area contributed by atoms with E-state index < -0.39 is 22.6 Å². The van der Waals surface area contributed by atoms with E-state index in [2.05, 4.69) is 0 Å². The highest BCUT2D eigenvalue weighted by Gasteiger charge is 2.71. The fraction of sp³-hybridized carbons (Fsp3) is 0.345. The van der Waals surface area contributed by atoms with E-state index in [9.17, 15) is 19.5 Å². The van der Waals surface area contributed by atoms with Crippen LogP contribution in [0.4, 0.5) is 11.4 Å². The molecule has 5 atom stereocenters. The smallest absolute Gasteiger partial charge is 0.251 e. The van der Waals surface area contributed by atoms with Crippen molar-refractivity contribution in [1.82, 2.24) is 4.90 Å². The Hall–Kier alpha value is -3.07. The summed E-state index contributed by atoms with van der Waals surface area (Å²) in [5.74, 6) is -1.85. The van der Waals surface area contributed by atoms with Gasteiger partial charge in [0.15, 0.2) is 0 Å². The maximum absolute atomic E-state index is 14.3. The number of nitrogens with zero attached hydrogens (tertiary/aromatic N) is 3. The monoisotopic (exact) mass is 549 g/mol. The molecule has 2 saturated heterocycles. The first kappa shape index (κ1) is 25.2. The van der Waals surface area contributed by atoms with Crippen molar-refractivity contribution in [2.24, 2.45) is 11.8 Å². The molecule has 38 heavy (non-hydrogen) atoms. The molecule has 7 nitrogen and oxygen atoms in total. The molecule has 4 aliphatic heterocycles. The van der Waals surface area contributed by atoms with Gasteiger partial charge in [-0.3, -0.25) is 14.4 Å². The highest BCUT2D eigenvalue weighted by molar-refractivity contribution is 8.02. The lowest BCUT2D eigenvalue weighted by Crippen LogP contribution is -2.53. The number of amides is 3. The minimum absolute atomic E-state index is 0.102. The first-order valence-electron chi connectivity index (χ1n) is 12.8. The van der Waals surface area contributed by atoms with Crippen molar-refractivity contribution >= 4 is 52.5 Å². The van der Waals surface area contributed by atoms with Crippen LogP contribution in [0.5, 0.6) is 0 Å². The van der Waals surface area contributed by atoms with Crippen molar-refractivity contribution in [1.29, 1.82) is 0 Å². The van der Waals surface area contributed by atoms with Crippen molar-refractivity contribution in [3.05, 3.63) is 83.9 Å². The molecule has 6 rings (SSSR count). The van der Waals surface area contributed by atoms with Gasteiger partial charge in [-0.2, -0.15) is 0 Å². The van der Waals surface area contributed by atoms with Gasteiger partial charge in [-0.25, -0.2) is 0 Å². The Morgan fingerprint density at radius 3 is 2.42 bits per heavy atom. The Labute approximate surface area is 230 Å². The molecule has 196 valence electrons. The van der Waals surface area contributed by atoms with E-state index >= 15 is 0 Å². The summed E-state index contributed by atoms with van der Waals surface area (Å²) in [4.78, 5) is 47.6. The normalized spacial score (nSPS) is 30.3. The number of carbonyl (C=O) groups is 3. The van der Waals surface area contributed by atoms with Gasteiger partial charge in [0.1, 0.15) is 6.04 Å². The first-order chi connectivity index (χ1) is 18.5. The predicted molar refractivity (Wildman–Crippen MR) is 149 cm³/mol. The van der Waals surface area contributed by atoms with Crippen LogP contribution in [0.3, 0.4) is 0 Å². The fourth-order valence-corrected chi connectivity index (χ4v) is 8.59. The lowest BCUT2D eigenvalue weighted by molar-refractivity contribution is -0.138. The highest BCUT2D eigenvalue weighted by atomic mass is 35.5. The SMILES string of the molecule is O=C1[C@@H]2[C@H](C=CCN1c1ccccc1)S[C@]13C=CCN(c4ccccc4Cl)C(=O)C1N(CCCO)C(=O)[C@H]23. The van der Waals surface area contributed by atoms with Crippen LogP contribution in [0.2, 0.25) is 5.02 Å². The molecule has 9 heteroatoms. The summed E-state index contributed by atoms with van der Waals surface area (Å²) in [6.45, 7) is 0.871. The zero-order chi connectivity index (χ0) is 26.4. The van der Waals surface area contributed by atoms with E-state index in [1.165, 1.54) is 0 Å². The molecule has 4 aliphatic rings. The van der Waals surface area contributed by atoms with Crippen LogP contribution in [0.15, 0.2) is 78.9 Å². The average Bonchev–Trinajstić information content (AvgIpc) is 3.23. The molecule has 1 spiro atoms. The number of anilines is 2. The number of para-hydroxylation sites is 2. The Kier molecular flexibility index (Phi) is 6.58. The molecule has 0 aliphatic carbocycles. The van der Waals surface area contributed by atoms with Gasteiger partial charge in [0.2, 0.25) is 11.8 Å². The maximum Gasteiger partial charge on any atom is 0.251 e. The van der Waals surface area contributed by atoms with Crippen LogP contribution in [0.25, 0.3) is 0 Å². The third kappa shape index (κ3) is 3.81. The van der Waals surface area contributed by atoms with E-state index in [4.69, 9.17) is 11.6 Å². The van der Waals surface area contributed by atoms with Crippen LogP contribution in [0, 0.1) is 11.8 Å². The average molecular weight is 550 g/mol. The molecule has 0 bridgehead atoms. The van der Waals surface area contributed by atoms with E-state index in [0.717, 1.165) is 5.69 Å². The number of aliphatic hydroxyl groups is 1. The number of aliphatic hydroxyl groups excluding tert-OH is 1. The molecular formula is C29H28ClN3O4S. The van der Waals surface area contributed by atoms with Crippen molar-refractivity contribution < 1.29 is 19.5 Å². The number of hydrogen-bond acceptors (Lipinski definition) is 5. The maximum atomic E-state index is 14.3. The first-order valence-corrected chi connectivity index (χ1v) is 14.1. The zero-order valence-electron chi connectivity index (χ0n) is 20.7. The van der Waals surface area contributed by atoms with Crippen molar-refractivity contribution in [2.45, 2.75) is 22.5 Å². The summed E-state index contributed by atoms with van der Waals surface area (Å²) < 4.78 is -0.908. The molecule has 2 fully saturated rings.